The molecule has 2 unspecified atom stereocenters. The van der Waals surface area contributed by atoms with Crippen LogP contribution in [0.15, 0.2) is 0 Å². The van der Waals surface area contributed by atoms with Crippen molar-refractivity contribution in [2.75, 3.05) is 6.54 Å². The van der Waals surface area contributed by atoms with Crippen LogP contribution in [0.1, 0.15) is 44.3 Å². The summed E-state index contributed by atoms with van der Waals surface area (Å²) in [5.74, 6) is 1.26. The van der Waals surface area contributed by atoms with E-state index in [0.717, 1.165) is 24.1 Å². The number of ether oxygens (including phenoxy) is 1. The third kappa shape index (κ3) is 4.14. The van der Waals surface area contributed by atoms with Crippen LogP contribution >= 0.6 is 0 Å². The molecule has 0 aliphatic carbocycles. The summed E-state index contributed by atoms with van der Waals surface area (Å²) in [5.41, 5.74) is 7.60. The van der Waals surface area contributed by atoms with E-state index in [-0.39, 0.29) is 6.10 Å². The normalized spacial score (nSPS) is 14.2. The Balaban J connectivity index is 3.12. The van der Waals surface area contributed by atoms with E-state index in [9.17, 15) is 5.11 Å². The van der Waals surface area contributed by atoms with Crippen LogP contribution in [-0.2, 0) is 12.8 Å². The maximum atomic E-state index is 9.70. The van der Waals surface area contributed by atoms with E-state index in [1.54, 1.807) is 6.92 Å². The Morgan fingerprint density at radius 3 is 2.47 bits per heavy atom. The molecule has 0 fully saturated rings. The van der Waals surface area contributed by atoms with E-state index in [4.69, 9.17) is 10.5 Å². The molecule has 5 heteroatoms. The van der Waals surface area contributed by atoms with Crippen LogP contribution in [0, 0.1) is 6.92 Å². The predicted octanol–water partition coefficient (Wildman–Crippen LogP) is 1.39. The van der Waals surface area contributed by atoms with Gasteiger partial charge in [0.25, 0.3) is 0 Å². The molecule has 0 aromatic carbocycles. The van der Waals surface area contributed by atoms with Gasteiger partial charge in [-0.05, 0) is 39.7 Å². The summed E-state index contributed by atoms with van der Waals surface area (Å²) in [7, 11) is 0. The number of aliphatic hydroxyl groups excluding tert-OH is 1. The van der Waals surface area contributed by atoms with Gasteiger partial charge in [-0.3, -0.25) is 0 Å². The number of hydrogen-bond donors (Lipinski definition) is 2. The zero-order valence-electron chi connectivity index (χ0n) is 12.3. The highest BCUT2D eigenvalue weighted by molar-refractivity contribution is 5.32. The van der Waals surface area contributed by atoms with E-state index < -0.39 is 6.10 Å². The fourth-order valence-corrected chi connectivity index (χ4v) is 2.08. The molecule has 2 atom stereocenters. The molecule has 19 heavy (non-hydrogen) atoms. The molecule has 0 saturated heterocycles. The number of hydrogen-bond acceptors (Lipinski definition) is 5. The molecule has 1 aromatic heterocycles. The molecule has 0 spiro atoms. The van der Waals surface area contributed by atoms with Crippen molar-refractivity contribution in [1.29, 1.82) is 0 Å². The van der Waals surface area contributed by atoms with Crippen LogP contribution in [-0.4, -0.2) is 33.8 Å². The number of nitrogens with zero attached hydrogens (tertiary/aromatic N) is 2. The average molecular weight is 267 g/mol. The van der Waals surface area contributed by atoms with Crippen molar-refractivity contribution in [3.8, 4) is 5.88 Å². The lowest BCUT2D eigenvalue weighted by Crippen LogP contribution is -2.29. The lowest BCUT2D eigenvalue weighted by Gasteiger charge is -2.22. The first-order valence-corrected chi connectivity index (χ1v) is 6.94. The van der Waals surface area contributed by atoms with E-state index in [2.05, 4.69) is 16.9 Å². The number of rotatable bonds is 7. The second kappa shape index (κ2) is 7.40. The summed E-state index contributed by atoms with van der Waals surface area (Å²) in [5, 5.41) is 9.70. The molecule has 1 heterocycles. The Morgan fingerprint density at radius 1 is 1.32 bits per heavy atom. The van der Waals surface area contributed by atoms with Crippen molar-refractivity contribution >= 4 is 0 Å². The lowest BCUT2D eigenvalue weighted by atomic mass is 10.1. The maximum Gasteiger partial charge on any atom is 0.220 e. The quantitative estimate of drug-likeness (QED) is 0.780. The van der Waals surface area contributed by atoms with Crippen LogP contribution in [0.2, 0.25) is 0 Å². The summed E-state index contributed by atoms with van der Waals surface area (Å²) >= 11 is 0. The highest BCUT2D eigenvalue weighted by atomic mass is 16.5. The Kier molecular flexibility index (Phi) is 6.18. The molecule has 3 N–H and O–H groups in total. The SMILES string of the molecule is CCc1nc(C)nc(OC(CC)C(C)O)c1CCN. The zero-order valence-corrected chi connectivity index (χ0v) is 12.3. The van der Waals surface area contributed by atoms with Gasteiger partial charge in [-0.25, -0.2) is 4.98 Å². The maximum absolute atomic E-state index is 9.70. The lowest BCUT2D eigenvalue weighted by molar-refractivity contribution is 0.0426. The first-order valence-electron chi connectivity index (χ1n) is 6.94. The van der Waals surface area contributed by atoms with Crippen molar-refractivity contribution in [2.24, 2.45) is 5.73 Å². The molecule has 0 aliphatic heterocycles. The molecule has 0 amide bonds. The highest BCUT2D eigenvalue weighted by Crippen LogP contribution is 2.22. The smallest absolute Gasteiger partial charge is 0.220 e. The fourth-order valence-electron chi connectivity index (χ4n) is 2.08. The molecule has 5 nitrogen and oxygen atoms in total. The molecule has 0 aliphatic rings. The monoisotopic (exact) mass is 267 g/mol. The van der Waals surface area contributed by atoms with Gasteiger partial charge in [0.2, 0.25) is 5.88 Å². The van der Waals surface area contributed by atoms with Gasteiger partial charge in [-0.2, -0.15) is 4.98 Å². The molecule has 0 bridgehead atoms. The van der Waals surface area contributed by atoms with E-state index in [0.29, 0.717) is 24.7 Å². The molecule has 1 rings (SSSR count). The summed E-state index contributed by atoms with van der Waals surface area (Å²) in [6, 6.07) is 0. The van der Waals surface area contributed by atoms with Gasteiger partial charge in [0.1, 0.15) is 11.9 Å². The Bertz CT molecular complexity index is 408. The van der Waals surface area contributed by atoms with Crippen LogP contribution < -0.4 is 10.5 Å². The number of aliphatic hydroxyl groups is 1. The molecule has 108 valence electrons. The molecular formula is C14H25N3O2. The van der Waals surface area contributed by atoms with Crippen molar-refractivity contribution in [1.82, 2.24) is 9.97 Å². The van der Waals surface area contributed by atoms with Gasteiger partial charge in [0.05, 0.1) is 11.8 Å². The van der Waals surface area contributed by atoms with Crippen LogP contribution in [0.25, 0.3) is 0 Å². The zero-order chi connectivity index (χ0) is 14.4. The second-order valence-electron chi connectivity index (χ2n) is 4.70. The number of aromatic nitrogens is 2. The van der Waals surface area contributed by atoms with E-state index in [1.807, 2.05) is 13.8 Å². The minimum absolute atomic E-state index is 0.254. The van der Waals surface area contributed by atoms with Gasteiger partial charge in [-0.15, -0.1) is 0 Å². The molecular weight excluding hydrogens is 242 g/mol. The fraction of sp³-hybridized carbons (Fsp3) is 0.714. The summed E-state index contributed by atoms with van der Waals surface area (Å²) in [4.78, 5) is 8.81. The highest BCUT2D eigenvalue weighted by Gasteiger charge is 2.19. The van der Waals surface area contributed by atoms with Gasteiger partial charge >= 0.3 is 0 Å². The minimum atomic E-state index is -0.531. The van der Waals surface area contributed by atoms with Crippen molar-refractivity contribution in [2.45, 2.75) is 59.2 Å². The summed E-state index contributed by atoms with van der Waals surface area (Å²) < 4.78 is 5.88. The van der Waals surface area contributed by atoms with Crippen molar-refractivity contribution < 1.29 is 9.84 Å². The standard InChI is InChI=1S/C14H25N3O2/c1-5-12-11(7-8-15)14(17-10(4)16-12)19-13(6-2)9(3)18/h9,13,18H,5-8,15H2,1-4H3. The molecule has 0 saturated carbocycles. The molecule has 1 aromatic rings. The van der Waals surface area contributed by atoms with Crippen LogP contribution in [0.3, 0.4) is 0 Å². The average Bonchev–Trinajstić information content (AvgIpc) is 2.37. The van der Waals surface area contributed by atoms with Gasteiger partial charge in [0.15, 0.2) is 0 Å². The van der Waals surface area contributed by atoms with Crippen LogP contribution in [0.4, 0.5) is 0 Å². The topological polar surface area (TPSA) is 81.3 Å². The van der Waals surface area contributed by atoms with E-state index >= 15 is 0 Å². The van der Waals surface area contributed by atoms with Crippen molar-refractivity contribution in [3.63, 3.8) is 0 Å². The third-order valence-electron chi connectivity index (χ3n) is 3.10. The Labute approximate surface area is 115 Å². The first kappa shape index (κ1) is 15.9. The first-order chi connectivity index (χ1) is 9.03. The van der Waals surface area contributed by atoms with Gasteiger partial charge in [-0.1, -0.05) is 13.8 Å². The number of aryl methyl sites for hydroxylation is 2. The Morgan fingerprint density at radius 2 is 2.00 bits per heavy atom. The number of nitrogens with two attached hydrogens (primary N) is 1. The summed E-state index contributed by atoms with van der Waals surface area (Å²) in [6.07, 6.45) is 1.45. The van der Waals surface area contributed by atoms with Crippen molar-refractivity contribution in [3.05, 3.63) is 17.1 Å². The molecule has 0 radical (unpaired) electrons. The largest absolute Gasteiger partial charge is 0.471 e. The predicted molar refractivity (Wildman–Crippen MR) is 75.3 cm³/mol. The van der Waals surface area contributed by atoms with E-state index in [1.165, 1.54) is 0 Å². The van der Waals surface area contributed by atoms with Gasteiger partial charge in [0, 0.05) is 5.56 Å². The summed E-state index contributed by atoms with van der Waals surface area (Å²) in [6.45, 7) is 8.14. The Hall–Kier alpha value is -1.20. The minimum Gasteiger partial charge on any atom is -0.471 e. The van der Waals surface area contributed by atoms with Gasteiger partial charge < -0.3 is 15.6 Å². The second-order valence-corrected chi connectivity index (χ2v) is 4.70. The third-order valence-corrected chi connectivity index (χ3v) is 3.10. The van der Waals surface area contributed by atoms with Crippen LogP contribution in [0.5, 0.6) is 5.88 Å².